The summed E-state index contributed by atoms with van der Waals surface area (Å²) in [5.74, 6) is -0.0300. The average molecular weight is 289 g/mol. The van der Waals surface area contributed by atoms with Crippen molar-refractivity contribution in [1.29, 1.82) is 10.5 Å². The number of furan rings is 1. The Morgan fingerprint density at radius 3 is 2.50 bits per heavy atom. The molecule has 6 heteroatoms. The second-order valence-corrected chi connectivity index (χ2v) is 4.53. The summed E-state index contributed by atoms with van der Waals surface area (Å²) >= 11 is 0. The zero-order valence-corrected chi connectivity index (χ0v) is 11.1. The first-order valence-corrected chi connectivity index (χ1v) is 6.24. The molecule has 0 aliphatic carbocycles. The maximum Gasteiger partial charge on any atom is 0.258 e. The highest BCUT2D eigenvalue weighted by Crippen LogP contribution is 2.27. The average Bonchev–Trinajstić information content (AvgIpc) is 3.10. The number of rotatable bonds is 2. The minimum atomic E-state index is -0.440. The number of benzene rings is 1. The van der Waals surface area contributed by atoms with E-state index in [4.69, 9.17) is 14.9 Å². The molecule has 1 aliphatic heterocycles. The van der Waals surface area contributed by atoms with Gasteiger partial charge in [-0.15, -0.1) is 0 Å². The third kappa shape index (κ3) is 2.15. The van der Waals surface area contributed by atoms with Gasteiger partial charge < -0.3 is 4.42 Å². The number of allylic oxidation sites excluding steroid dienone is 1. The largest absolute Gasteiger partial charge is 0.457 e. The molecule has 22 heavy (non-hydrogen) atoms. The lowest BCUT2D eigenvalue weighted by Crippen LogP contribution is -2.19. The molecule has 0 unspecified atom stereocenters. The summed E-state index contributed by atoms with van der Waals surface area (Å²) in [5, 5.41) is 19.6. The lowest BCUT2D eigenvalue weighted by atomic mass is 10.0. The second kappa shape index (κ2) is 5.04. The first-order chi connectivity index (χ1) is 10.6. The van der Waals surface area contributed by atoms with Crippen molar-refractivity contribution in [3.8, 4) is 23.5 Å². The Morgan fingerprint density at radius 1 is 1.05 bits per heavy atom. The molecule has 1 aromatic carbocycles. The zero-order chi connectivity index (χ0) is 15.7. The maximum atomic E-state index is 11.6. The summed E-state index contributed by atoms with van der Waals surface area (Å²) in [5.41, 5.74) is 1.18. The Morgan fingerprint density at radius 2 is 1.77 bits per heavy atom. The van der Waals surface area contributed by atoms with E-state index in [-0.39, 0.29) is 5.57 Å². The fourth-order valence-electron chi connectivity index (χ4n) is 2.14. The predicted octanol–water partition coefficient (Wildman–Crippen LogP) is 2.26. The van der Waals surface area contributed by atoms with E-state index in [0.29, 0.717) is 28.2 Å². The van der Waals surface area contributed by atoms with Crippen molar-refractivity contribution in [2.24, 2.45) is 0 Å². The van der Waals surface area contributed by atoms with Crippen LogP contribution in [0.25, 0.3) is 17.4 Å². The molecule has 2 aromatic rings. The number of amides is 2. The van der Waals surface area contributed by atoms with Crippen LogP contribution >= 0.6 is 0 Å². The Kier molecular flexibility index (Phi) is 3.06. The molecule has 2 amide bonds. The second-order valence-electron chi connectivity index (χ2n) is 4.53. The molecule has 0 saturated carbocycles. The first-order valence-electron chi connectivity index (χ1n) is 6.24. The molecule has 0 saturated heterocycles. The number of hydrogen-bond acceptors (Lipinski definition) is 5. The summed E-state index contributed by atoms with van der Waals surface area (Å²) in [4.78, 5) is 23.1. The van der Waals surface area contributed by atoms with Gasteiger partial charge in [0, 0.05) is 11.6 Å². The van der Waals surface area contributed by atoms with E-state index in [1.165, 1.54) is 6.08 Å². The van der Waals surface area contributed by atoms with E-state index in [1.807, 2.05) is 0 Å². The summed E-state index contributed by atoms with van der Waals surface area (Å²) < 4.78 is 5.53. The molecular weight excluding hydrogens is 282 g/mol. The van der Waals surface area contributed by atoms with Gasteiger partial charge in [-0.3, -0.25) is 14.9 Å². The van der Waals surface area contributed by atoms with E-state index in [1.54, 1.807) is 42.5 Å². The molecule has 1 aliphatic rings. The molecule has 3 rings (SSSR count). The lowest BCUT2D eigenvalue weighted by molar-refractivity contribution is 0.0879. The van der Waals surface area contributed by atoms with Crippen LogP contribution in [0.5, 0.6) is 0 Å². The van der Waals surface area contributed by atoms with Gasteiger partial charge in [0.25, 0.3) is 11.8 Å². The predicted molar refractivity (Wildman–Crippen MR) is 75.1 cm³/mol. The Hall–Kier alpha value is -3.64. The molecule has 1 N–H and O–H groups in total. The van der Waals surface area contributed by atoms with Gasteiger partial charge in [-0.05, 0) is 24.3 Å². The van der Waals surface area contributed by atoms with Crippen LogP contribution < -0.4 is 5.32 Å². The fraction of sp³-hybridized carbons (Fsp3) is 0. The van der Waals surface area contributed by atoms with Gasteiger partial charge in [-0.2, -0.15) is 10.5 Å². The molecule has 104 valence electrons. The van der Waals surface area contributed by atoms with Crippen molar-refractivity contribution in [1.82, 2.24) is 5.32 Å². The third-order valence-corrected chi connectivity index (χ3v) is 3.17. The van der Waals surface area contributed by atoms with Crippen molar-refractivity contribution in [3.63, 3.8) is 0 Å². The molecule has 2 heterocycles. The van der Waals surface area contributed by atoms with Crippen molar-refractivity contribution in [3.05, 3.63) is 52.8 Å². The van der Waals surface area contributed by atoms with Gasteiger partial charge in [0.2, 0.25) is 0 Å². The van der Waals surface area contributed by atoms with Crippen molar-refractivity contribution >= 4 is 17.9 Å². The van der Waals surface area contributed by atoms with Crippen LogP contribution in [0.2, 0.25) is 0 Å². The quantitative estimate of drug-likeness (QED) is 0.674. The Labute approximate surface area is 124 Å². The number of hydrogen-bond donors (Lipinski definition) is 1. The third-order valence-electron chi connectivity index (χ3n) is 3.17. The highest BCUT2D eigenvalue weighted by atomic mass is 16.3. The van der Waals surface area contributed by atoms with E-state index >= 15 is 0 Å². The molecule has 0 atom stereocenters. The summed E-state index contributed by atoms with van der Waals surface area (Å²) in [6.07, 6.45) is 1.33. The van der Waals surface area contributed by atoms with Crippen molar-refractivity contribution < 1.29 is 14.0 Å². The number of imide groups is 1. The zero-order valence-electron chi connectivity index (χ0n) is 11.1. The van der Waals surface area contributed by atoms with E-state index in [0.717, 1.165) is 0 Å². The van der Waals surface area contributed by atoms with Crippen LogP contribution in [0.15, 0.2) is 40.3 Å². The number of fused-ring (bicyclic) bond motifs is 1. The molecule has 1 aromatic heterocycles. The van der Waals surface area contributed by atoms with Gasteiger partial charge >= 0.3 is 0 Å². The van der Waals surface area contributed by atoms with Gasteiger partial charge in [0.15, 0.2) is 0 Å². The van der Waals surface area contributed by atoms with Crippen LogP contribution in [0.1, 0.15) is 26.5 Å². The fourth-order valence-corrected chi connectivity index (χ4v) is 2.14. The number of carbonyl (C=O) groups excluding carboxylic acids is 2. The molecule has 0 bridgehead atoms. The van der Waals surface area contributed by atoms with Crippen LogP contribution in [0.3, 0.4) is 0 Å². The highest BCUT2D eigenvalue weighted by molar-refractivity contribution is 6.21. The van der Waals surface area contributed by atoms with Crippen LogP contribution in [0.4, 0.5) is 0 Å². The number of carbonyl (C=O) groups is 2. The normalized spacial score (nSPS) is 12.1. The summed E-state index contributed by atoms with van der Waals surface area (Å²) in [7, 11) is 0. The minimum absolute atomic E-state index is 0.0696. The summed E-state index contributed by atoms with van der Waals surface area (Å²) in [6, 6.07) is 11.5. The van der Waals surface area contributed by atoms with Crippen molar-refractivity contribution in [2.45, 2.75) is 0 Å². The van der Waals surface area contributed by atoms with E-state index < -0.39 is 11.8 Å². The SMILES string of the molecule is N#CC(C#N)=Cc1ccc(-c2ccc3c(c2)C(=O)NC3=O)o1. The van der Waals surface area contributed by atoms with Gasteiger partial charge in [-0.25, -0.2) is 0 Å². The van der Waals surface area contributed by atoms with Crippen molar-refractivity contribution in [2.75, 3.05) is 0 Å². The van der Waals surface area contributed by atoms with Gasteiger partial charge in [0.1, 0.15) is 29.2 Å². The van der Waals surface area contributed by atoms with Crippen LogP contribution in [-0.2, 0) is 0 Å². The molecule has 0 fully saturated rings. The number of nitriles is 2. The van der Waals surface area contributed by atoms with E-state index in [2.05, 4.69) is 5.32 Å². The van der Waals surface area contributed by atoms with E-state index in [9.17, 15) is 9.59 Å². The minimum Gasteiger partial charge on any atom is -0.457 e. The lowest BCUT2D eigenvalue weighted by Gasteiger charge is -1.99. The topological polar surface area (TPSA) is 107 Å². The number of nitrogens with zero attached hydrogens (tertiary/aromatic N) is 2. The first kappa shape index (κ1) is 13.3. The molecular formula is C16H7N3O3. The Bertz CT molecular complexity index is 907. The number of nitrogens with one attached hydrogen (secondary N) is 1. The monoisotopic (exact) mass is 289 g/mol. The van der Waals surface area contributed by atoms with Gasteiger partial charge in [-0.1, -0.05) is 6.07 Å². The Balaban J connectivity index is 1.99. The molecule has 0 radical (unpaired) electrons. The van der Waals surface area contributed by atoms with Crippen LogP contribution in [-0.4, -0.2) is 11.8 Å². The highest BCUT2D eigenvalue weighted by Gasteiger charge is 2.27. The molecule has 0 spiro atoms. The summed E-state index contributed by atoms with van der Waals surface area (Å²) in [6.45, 7) is 0. The maximum absolute atomic E-state index is 11.6. The van der Waals surface area contributed by atoms with Gasteiger partial charge in [0.05, 0.1) is 11.1 Å². The van der Waals surface area contributed by atoms with Crippen LogP contribution in [0, 0.1) is 22.7 Å². The molecule has 6 nitrogen and oxygen atoms in total. The smallest absolute Gasteiger partial charge is 0.258 e. The standard InChI is InChI=1S/C16H7N3O3/c17-7-9(8-18)5-11-2-4-14(22-11)10-1-3-12-13(6-10)16(21)19-15(12)20/h1-6H,(H,19,20,21).